The van der Waals surface area contributed by atoms with Crippen molar-refractivity contribution in [1.82, 2.24) is 0 Å². The fraction of sp³-hybridized carbons (Fsp3) is 0. The number of benzene rings is 1. The Kier molecular flexibility index (Phi) is 2.95. The number of aliphatic imine (C=N–C) groups is 1. The zero-order valence-corrected chi connectivity index (χ0v) is 7.30. The molecule has 76 valence electrons. The maximum atomic E-state index is 10.8. The minimum absolute atomic E-state index is 0.225. The number of carboxylic acid groups (broad SMARTS) is 2. The Morgan fingerprint density at radius 1 is 1.20 bits per heavy atom. The van der Waals surface area contributed by atoms with Gasteiger partial charge in [-0.1, -0.05) is 6.07 Å². The van der Waals surface area contributed by atoms with Gasteiger partial charge in [0.15, 0.2) is 0 Å². The molecule has 2 N–H and O–H groups in total. The highest BCUT2D eigenvalue weighted by atomic mass is 16.4. The van der Waals surface area contributed by atoms with Gasteiger partial charge in [-0.05, 0) is 12.1 Å². The SMILES string of the molecule is O=C=Nc1cccc(C(=O)O)c1C(=O)O. The lowest BCUT2D eigenvalue weighted by atomic mass is 10.1. The molecule has 0 saturated carbocycles. The summed E-state index contributed by atoms with van der Waals surface area (Å²) in [5.74, 6) is -2.85. The minimum atomic E-state index is -1.46. The maximum Gasteiger partial charge on any atom is 0.338 e. The fourth-order valence-corrected chi connectivity index (χ4v) is 1.09. The van der Waals surface area contributed by atoms with Crippen molar-refractivity contribution < 1.29 is 24.6 Å². The Bertz CT molecular complexity index is 453. The number of nitrogens with zero attached hydrogens (tertiary/aromatic N) is 1. The van der Waals surface area contributed by atoms with Gasteiger partial charge in [-0.3, -0.25) is 0 Å². The first kappa shape index (κ1) is 10.6. The van der Waals surface area contributed by atoms with Crippen LogP contribution in [0.3, 0.4) is 0 Å². The second-order valence-electron chi connectivity index (χ2n) is 2.51. The molecule has 0 bridgehead atoms. The molecule has 0 aliphatic rings. The van der Waals surface area contributed by atoms with Crippen LogP contribution in [0.25, 0.3) is 0 Å². The van der Waals surface area contributed by atoms with Crippen LogP contribution in [0.5, 0.6) is 0 Å². The first-order chi connectivity index (χ1) is 7.07. The van der Waals surface area contributed by atoms with Gasteiger partial charge < -0.3 is 10.2 Å². The molecule has 0 unspecified atom stereocenters. The van der Waals surface area contributed by atoms with Gasteiger partial charge >= 0.3 is 11.9 Å². The molecule has 1 rings (SSSR count). The third kappa shape index (κ3) is 2.07. The molecule has 0 aliphatic carbocycles. The second-order valence-corrected chi connectivity index (χ2v) is 2.51. The lowest BCUT2D eigenvalue weighted by molar-refractivity contribution is 0.0652. The molecular formula is C9H5NO5. The molecule has 0 aromatic heterocycles. The van der Waals surface area contributed by atoms with Gasteiger partial charge in [0.25, 0.3) is 0 Å². The smallest absolute Gasteiger partial charge is 0.338 e. The molecule has 0 fully saturated rings. The van der Waals surface area contributed by atoms with Gasteiger partial charge in [-0.2, -0.15) is 4.99 Å². The summed E-state index contributed by atoms with van der Waals surface area (Å²) < 4.78 is 0. The maximum absolute atomic E-state index is 10.8. The van der Waals surface area contributed by atoms with Crippen molar-refractivity contribution in [3.63, 3.8) is 0 Å². The molecule has 0 atom stereocenters. The van der Waals surface area contributed by atoms with Crippen LogP contribution in [0, 0.1) is 0 Å². The van der Waals surface area contributed by atoms with E-state index in [4.69, 9.17) is 10.2 Å². The molecule has 1 aromatic carbocycles. The first-order valence-electron chi connectivity index (χ1n) is 3.75. The molecule has 6 heteroatoms. The lowest BCUT2D eigenvalue weighted by Gasteiger charge is -2.02. The van der Waals surface area contributed by atoms with Gasteiger partial charge in [0, 0.05) is 0 Å². The summed E-state index contributed by atoms with van der Waals surface area (Å²) in [6.07, 6.45) is 1.16. The third-order valence-corrected chi connectivity index (χ3v) is 1.65. The van der Waals surface area contributed by atoms with Crippen molar-refractivity contribution in [3.8, 4) is 0 Å². The van der Waals surface area contributed by atoms with Gasteiger partial charge in [-0.15, -0.1) is 0 Å². The Labute approximate surface area is 83.5 Å². The average molecular weight is 207 g/mol. The summed E-state index contributed by atoms with van der Waals surface area (Å²) in [4.78, 5) is 34.6. The van der Waals surface area contributed by atoms with E-state index in [-0.39, 0.29) is 5.69 Å². The highest BCUT2D eigenvalue weighted by Gasteiger charge is 2.19. The number of carboxylic acids is 2. The van der Waals surface area contributed by atoms with E-state index in [0.29, 0.717) is 0 Å². The van der Waals surface area contributed by atoms with Crippen LogP contribution in [-0.2, 0) is 4.79 Å². The molecule has 15 heavy (non-hydrogen) atoms. The third-order valence-electron chi connectivity index (χ3n) is 1.65. The molecule has 0 saturated heterocycles. The summed E-state index contributed by atoms with van der Waals surface area (Å²) in [6.45, 7) is 0. The van der Waals surface area contributed by atoms with Crippen molar-refractivity contribution in [2.75, 3.05) is 0 Å². The number of hydrogen-bond donors (Lipinski definition) is 2. The van der Waals surface area contributed by atoms with E-state index in [2.05, 4.69) is 4.99 Å². The topological polar surface area (TPSA) is 104 Å². The minimum Gasteiger partial charge on any atom is -0.478 e. The van der Waals surface area contributed by atoms with Crippen LogP contribution in [0.15, 0.2) is 23.2 Å². The number of aromatic carboxylic acids is 2. The van der Waals surface area contributed by atoms with Crippen LogP contribution in [0.1, 0.15) is 20.7 Å². The van der Waals surface area contributed by atoms with E-state index in [1.54, 1.807) is 0 Å². The van der Waals surface area contributed by atoms with Crippen LogP contribution in [-0.4, -0.2) is 28.2 Å². The van der Waals surface area contributed by atoms with Crippen molar-refractivity contribution >= 4 is 23.7 Å². The largest absolute Gasteiger partial charge is 0.478 e. The summed E-state index contributed by atoms with van der Waals surface area (Å²) in [5, 5.41) is 17.5. The number of hydrogen-bond acceptors (Lipinski definition) is 4. The van der Waals surface area contributed by atoms with E-state index >= 15 is 0 Å². The molecule has 0 aliphatic heterocycles. The van der Waals surface area contributed by atoms with E-state index in [1.807, 2.05) is 0 Å². The van der Waals surface area contributed by atoms with E-state index in [0.717, 1.165) is 12.1 Å². The Hall–Kier alpha value is -2.46. The molecule has 6 nitrogen and oxygen atoms in total. The number of rotatable bonds is 3. The Morgan fingerprint density at radius 2 is 1.87 bits per heavy atom. The van der Waals surface area contributed by atoms with Crippen molar-refractivity contribution in [1.29, 1.82) is 0 Å². The van der Waals surface area contributed by atoms with Crippen LogP contribution in [0.2, 0.25) is 0 Å². The Balaban J connectivity index is 3.55. The molecule has 1 aromatic rings. The van der Waals surface area contributed by atoms with Gasteiger partial charge in [0.05, 0.1) is 11.3 Å². The van der Waals surface area contributed by atoms with Gasteiger partial charge in [-0.25, -0.2) is 14.4 Å². The fourth-order valence-electron chi connectivity index (χ4n) is 1.09. The first-order valence-corrected chi connectivity index (χ1v) is 3.75. The molecule has 0 spiro atoms. The van der Waals surface area contributed by atoms with Gasteiger partial charge in [0.1, 0.15) is 5.56 Å². The summed E-state index contributed by atoms with van der Waals surface area (Å²) in [5.41, 5.74) is -1.16. The number of carbonyl (C=O) groups excluding carboxylic acids is 1. The zero-order valence-electron chi connectivity index (χ0n) is 7.30. The van der Waals surface area contributed by atoms with Crippen molar-refractivity contribution in [2.24, 2.45) is 4.99 Å². The molecular weight excluding hydrogens is 202 g/mol. The predicted octanol–water partition coefficient (Wildman–Crippen LogP) is 1.05. The quantitative estimate of drug-likeness (QED) is 0.569. The predicted molar refractivity (Wildman–Crippen MR) is 48.1 cm³/mol. The van der Waals surface area contributed by atoms with E-state index in [9.17, 15) is 14.4 Å². The summed E-state index contributed by atoms with van der Waals surface area (Å²) in [7, 11) is 0. The molecule has 0 amide bonds. The van der Waals surface area contributed by atoms with Crippen molar-refractivity contribution in [2.45, 2.75) is 0 Å². The van der Waals surface area contributed by atoms with Crippen molar-refractivity contribution in [3.05, 3.63) is 29.3 Å². The van der Waals surface area contributed by atoms with E-state index in [1.165, 1.54) is 12.1 Å². The van der Waals surface area contributed by atoms with Crippen LogP contribution < -0.4 is 0 Å². The number of carbonyl (C=O) groups is 2. The molecule has 0 heterocycles. The zero-order chi connectivity index (χ0) is 11.4. The van der Waals surface area contributed by atoms with Crippen LogP contribution >= 0.6 is 0 Å². The number of isocyanates is 1. The second kappa shape index (κ2) is 4.17. The average Bonchev–Trinajstić information content (AvgIpc) is 2.17. The summed E-state index contributed by atoms with van der Waals surface area (Å²) >= 11 is 0. The normalized spacial score (nSPS) is 9.07. The lowest BCUT2D eigenvalue weighted by Crippen LogP contribution is -2.07. The monoisotopic (exact) mass is 207 g/mol. The highest BCUT2D eigenvalue weighted by Crippen LogP contribution is 2.22. The van der Waals surface area contributed by atoms with Gasteiger partial charge in [0.2, 0.25) is 6.08 Å². The summed E-state index contributed by atoms with van der Waals surface area (Å²) in [6, 6.07) is 3.64. The van der Waals surface area contributed by atoms with E-state index < -0.39 is 23.1 Å². The highest BCUT2D eigenvalue weighted by molar-refractivity contribution is 6.05. The standard InChI is InChI=1S/C9H5NO5/c11-4-10-6-3-1-2-5(8(12)13)7(6)9(14)15/h1-3H,(H,12,13)(H,14,15). The molecule has 0 radical (unpaired) electrons. The Morgan fingerprint density at radius 3 is 2.33 bits per heavy atom. The van der Waals surface area contributed by atoms with Crippen LogP contribution in [0.4, 0.5) is 5.69 Å².